The highest BCUT2D eigenvalue weighted by atomic mass is 32.2. The first-order valence-corrected chi connectivity index (χ1v) is 10.0. The zero-order valence-corrected chi connectivity index (χ0v) is 16.1. The number of hydrogen-bond acceptors (Lipinski definition) is 9. The Balaban J connectivity index is 1.68. The van der Waals surface area contributed by atoms with Crippen molar-refractivity contribution >= 4 is 45.5 Å². The maximum atomic E-state index is 12.1. The number of aryl methyl sites for hydroxylation is 1. The molecule has 0 aliphatic rings. The van der Waals surface area contributed by atoms with Crippen molar-refractivity contribution in [3.05, 3.63) is 22.5 Å². The summed E-state index contributed by atoms with van der Waals surface area (Å²) in [6.07, 6.45) is 0. The minimum absolute atomic E-state index is 0.153. The van der Waals surface area contributed by atoms with Gasteiger partial charge in [0.25, 0.3) is 0 Å². The van der Waals surface area contributed by atoms with Gasteiger partial charge in [-0.1, -0.05) is 29.2 Å². The van der Waals surface area contributed by atoms with Gasteiger partial charge in [0, 0.05) is 7.11 Å². The Kier molecular flexibility index (Phi) is 6.13. The number of nitrogens with one attached hydrogen (secondary N) is 1. The molecule has 0 saturated heterocycles. The normalized spacial score (nSPS) is 11.0. The van der Waals surface area contributed by atoms with Crippen LogP contribution in [0.3, 0.4) is 0 Å². The van der Waals surface area contributed by atoms with E-state index in [0.717, 1.165) is 15.7 Å². The molecule has 0 saturated carbocycles. The summed E-state index contributed by atoms with van der Waals surface area (Å²) < 4.78 is 7.15. The Morgan fingerprint density at radius 2 is 2.24 bits per heavy atom. The minimum Gasteiger partial charge on any atom is -0.383 e. The standard InChI is InChI=1S/C14H16N6O2S3/c1-9-16-18-13(25-9)15-11(21)8-24-14-19-17-12(10-4-3-7-23-10)20(14)5-6-22-2/h3-4,7H,5-6,8H2,1-2H3,(H,15,18,21). The number of rotatable bonds is 8. The number of carbonyl (C=O) groups is 1. The number of ether oxygens (including phenoxy) is 1. The first kappa shape index (κ1) is 18.0. The summed E-state index contributed by atoms with van der Waals surface area (Å²) in [7, 11) is 1.65. The molecule has 1 amide bonds. The minimum atomic E-state index is -0.153. The molecule has 8 nitrogen and oxygen atoms in total. The van der Waals surface area contributed by atoms with Crippen molar-refractivity contribution in [2.75, 3.05) is 24.8 Å². The molecule has 0 atom stereocenters. The average Bonchev–Trinajstić information content (AvgIpc) is 3.31. The maximum absolute atomic E-state index is 12.1. The number of thioether (sulfide) groups is 1. The zero-order chi connectivity index (χ0) is 17.6. The number of thiophene rings is 1. The van der Waals surface area contributed by atoms with Gasteiger partial charge in [0.05, 0.1) is 23.8 Å². The largest absolute Gasteiger partial charge is 0.383 e. The van der Waals surface area contributed by atoms with E-state index in [1.807, 2.05) is 29.0 Å². The van der Waals surface area contributed by atoms with Crippen LogP contribution in [0.2, 0.25) is 0 Å². The third kappa shape index (κ3) is 4.63. The molecular weight excluding hydrogens is 380 g/mol. The number of amides is 1. The van der Waals surface area contributed by atoms with Gasteiger partial charge < -0.3 is 4.74 Å². The summed E-state index contributed by atoms with van der Waals surface area (Å²) in [4.78, 5) is 13.1. The second kappa shape index (κ2) is 8.52. The topological polar surface area (TPSA) is 94.8 Å². The highest BCUT2D eigenvalue weighted by Crippen LogP contribution is 2.27. The lowest BCUT2D eigenvalue weighted by molar-refractivity contribution is -0.113. The summed E-state index contributed by atoms with van der Waals surface area (Å²) >= 11 is 4.27. The lowest BCUT2D eigenvalue weighted by Gasteiger charge is -2.08. The first-order chi connectivity index (χ1) is 12.2. The second-order valence-corrected chi connectivity index (χ2v) is 7.96. The lowest BCUT2D eigenvalue weighted by atomic mass is 10.4. The SMILES string of the molecule is COCCn1c(SCC(=O)Nc2nnc(C)s2)nnc1-c1cccs1. The zero-order valence-electron chi connectivity index (χ0n) is 13.6. The molecule has 3 aromatic rings. The van der Waals surface area contributed by atoms with Crippen molar-refractivity contribution in [1.82, 2.24) is 25.0 Å². The third-order valence-electron chi connectivity index (χ3n) is 3.08. The average molecular weight is 397 g/mol. The number of methoxy groups -OCH3 is 1. The van der Waals surface area contributed by atoms with Crippen LogP contribution >= 0.6 is 34.4 Å². The predicted molar refractivity (Wildman–Crippen MR) is 99.2 cm³/mol. The summed E-state index contributed by atoms with van der Waals surface area (Å²) in [5.74, 6) is 0.851. The summed E-state index contributed by atoms with van der Waals surface area (Å²) in [5, 5.41) is 23.0. The number of anilines is 1. The molecular formula is C14H16N6O2S3. The lowest BCUT2D eigenvalue weighted by Crippen LogP contribution is -2.15. The van der Waals surface area contributed by atoms with Crippen molar-refractivity contribution in [3.63, 3.8) is 0 Å². The van der Waals surface area contributed by atoms with Crippen molar-refractivity contribution in [1.29, 1.82) is 0 Å². The van der Waals surface area contributed by atoms with Crippen molar-refractivity contribution < 1.29 is 9.53 Å². The van der Waals surface area contributed by atoms with E-state index >= 15 is 0 Å². The molecule has 0 aromatic carbocycles. The first-order valence-electron chi connectivity index (χ1n) is 7.36. The molecule has 25 heavy (non-hydrogen) atoms. The molecule has 1 N–H and O–H groups in total. The summed E-state index contributed by atoms with van der Waals surface area (Å²) in [5.41, 5.74) is 0. The molecule has 0 unspecified atom stereocenters. The molecule has 132 valence electrons. The van der Waals surface area contributed by atoms with Crippen LogP contribution in [0.1, 0.15) is 5.01 Å². The summed E-state index contributed by atoms with van der Waals surface area (Å²) in [6, 6.07) is 3.97. The van der Waals surface area contributed by atoms with E-state index in [4.69, 9.17) is 4.74 Å². The van der Waals surface area contributed by atoms with Gasteiger partial charge in [0.1, 0.15) is 5.01 Å². The van der Waals surface area contributed by atoms with E-state index in [2.05, 4.69) is 25.7 Å². The predicted octanol–water partition coefficient (Wildman–Crippen LogP) is 2.54. The Morgan fingerprint density at radius 1 is 1.36 bits per heavy atom. The molecule has 0 radical (unpaired) electrons. The summed E-state index contributed by atoms with van der Waals surface area (Å²) in [6.45, 7) is 3.00. The number of aromatic nitrogens is 5. The van der Waals surface area contributed by atoms with Crippen LogP contribution in [-0.2, 0) is 16.1 Å². The highest BCUT2D eigenvalue weighted by Gasteiger charge is 2.16. The van der Waals surface area contributed by atoms with E-state index in [0.29, 0.717) is 23.4 Å². The molecule has 11 heteroatoms. The van der Waals surface area contributed by atoms with Crippen LogP contribution in [0.15, 0.2) is 22.7 Å². The Hall–Kier alpha value is -1.82. The molecule has 3 heterocycles. The number of carbonyl (C=O) groups excluding carboxylic acids is 1. The van der Waals surface area contributed by atoms with Gasteiger partial charge in [-0.15, -0.1) is 31.7 Å². The van der Waals surface area contributed by atoms with Gasteiger partial charge in [-0.25, -0.2) is 0 Å². The second-order valence-electron chi connectivity index (χ2n) is 4.89. The number of nitrogens with zero attached hydrogens (tertiary/aromatic N) is 5. The van der Waals surface area contributed by atoms with Crippen molar-refractivity contribution in [3.8, 4) is 10.7 Å². The van der Waals surface area contributed by atoms with Crippen molar-refractivity contribution in [2.24, 2.45) is 0 Å². The molecule has 0 spiro atoms. The molecule has 0 bridgehead atoms. The smallest absolute Gasteiger partial charge is 0.236 e. The van der Waals surface area contributed by atoms with Gasteiger partial charge >= 0.3 is 0 Å². The monoisotopic (exact) mass is 396 g/mol. The molecule has 0 fully saturated rings. The van der Waals surface area contributed by atoms with Crippen LogP contribution in [-0.4, -0.2) is 50.3 Å². The Labute approximate surface area is 156 Å². The van der Waals surface area contributed by atoms with E-state index in [9.17, 15) is 4.79 Å². The fraction of sp³-hybridized carbons (Fsp3) is 0.357. The van der Waals surface area contributed by atoms with Crippen LogP contribution in [0.5, 0.6) is 0 Å². The van der Waals surface area contributed by atoms with Crippen LogP contribution in [0.4, 0.5) is 5.13 Å². The quantitative estimate of drug-likeness (QED) is 0.585. The molecule has 3 rings (SSSR count). The molecule has 0 aliphatic heterocycles. The van der Waals surface area contributed by atoms with E-state index in [1.54, 1.807) is 18.4 Å². The number of hydrogen-bond donors (Lipinski definition) is 1. The fourth-order valence-corrected chi connectivity index (χ4v) is 4.09. The van der Waals surface area contributed by atoms with Crippen LogP contribution in [0.25, 0.3) is 10.7 Å². The van der Waals surface area contributed by atoms with Gasteiger partial charge in [0.15, 0.2) is 11.0 Å². The van der Waals surface area contributed by atoms with Gasteiger partial charge in [-0.2, -0.15) is 0 Å². The van der Waals surface area contributed by atoms with E-state index in [-0.39, 0.29) is 11.7 Å². The Morgan fingerprint density at radius 3 is 2.92 bits per heavy atom. The van der Waals surface area contributed by atoms with Gasteiger partial charge in [0.2, 0.25) is 11.0 Å². The highest BCUT2D eigenvalue weighted by molar-refractivity contribution is 7.99. The third-order valence-corrected chi connectivity index (χ3v) is 5.67. The van der Waals surface area contributed by atoms with Crippen molar-refractivity contribution in [2.45, 2.75) is 18.6 Å². The molecule has 0 aliphatic carbocycles. The van der Waals surface area contributed by atoms with E-state index < -0.39 is 0 Å². The van der Waals surface area contributed by atoms with Crippen LogP contribution in [0, 0.1) is 6.92 Å². The van der Waals surface area contributed by atoms with Crippen LogP contribution < -0.4 is 5.32 Å². The fourth-order valence-electron chi connectivity index (χ4n) is 2.00. The Bertz CT molecular complexity index is 830. The molecule has 3 aromatic heterocycles. The van der Waals surface area contributed by atoms with Gasteiger partial charge in [-0.3, -0.25) is 14.7 Å². The maximum Gasteiger partial charge on any atom is 0.236 e. The van der Waals surface area contributed by atoms with Gasteiger partial charge in [-0.05, 0) is 18.4 Å². The van der Waals surface area contributed by atoms with E-state index in [1.165, 1.54) is 23.1 Å².